The number of nitrogens with one attached hydrogen (secondary N) is 2. The number of benzene rings is 1. The normalized spacial score (nSPS) is 13.7. The maximum Gasteiger partial charge on any atom is 0.326 e. The van der Waals surface area contributed by atoms with Gasteiger partial charge >= 0.3 is 11.9 Å². The summed E-state index contributed by atoms with van der Waals surface area (Å²) in [4.78, 5) is 47.2. The van der Waals surface area contributed by atoms with Crippen LogP contribution in [0.25, 0.3) is 0 Å². The number of halogens is 1. The van der Waals surface area contributed by atoms with Crippen molar-refractivity contribution >= 4 is 23.8 Å². The second-order valence-corrected chi connectivity index (χ2v) is 6.40. The predicted octanol–water partition coefficient (Wildman–Crippen LogP) is 1.03. The summed E-state index contributed by atoms with van der Waals surface area (Å²) in [6, 6.07) is 3.06. The van der Waals surface area contributed by atoms with Crippen molar-refractivity contribution < 1.29 is 33.4 Å². The smallest absolute Gasteiger partial charge is 0.326 e. The zero-order valence-electron chi connectivity index (χ0n) is 16.0. The third kappa shape index (κ3) is 7.73. The summed E-state index contributed by atoms with van der Waals surface area (Å²) in [5, 5.41) is 14.2. The Hall–Kier alpha value is -2.97. The molecule has 0 aliphatic rings. The Bertz CT molecular complexity index is 724. The summed E-state index contributed by atoms with van der Waals surface area (Å²) in [5.41, 5.74) is 0.459. The van der Waals surface area contributed by atoms with E-state index < -0.39 is 47.6 Å². The van der Waals surface area contributed by atoms with Gasteiger partial charge in [-0.1, -0.05) is 19.1 Å². The Labute approximate surface area is 162 Å². The molecule has 0 bridgehead atoms. The molecular weight excluding hydrogens is 371 g/mol. The lowest BCUT2D eigenvalue weighted by Crippen LogP contribution is -2.54. The van der Waals surface area contributed by atoms with Crippen molar-refractivity contribution in [3.05, 3.63) is 35.6 Å². The molecule has 0 fully saturated rings. The number of amides is 2. The third-order valence-corrected chi connectivity index (χ3v) is 3.95. The van der Waals surface area contributed by atoms with Gasteiger partial charge in [0, 0.05) is 13.3 Å². The average molecular weight is 396 g/mol. The fourth-order valence-corrected chi connectivity index (χ4v) is 2.66. The lowest BCUT2D eigenvalue weighted by Gasteiger charge is -2.24. The van der Waals surface area contributed by atoms with Gasteiger partial charge in [-0.15, -0.1) is 0 Å². The van der Waals surface area contributed by atoms with Crippen molar-refractivity contribution in [2.24, 2.45) is 5.92 Å². The molecular formula is C19H25FN2O6. The standard InChI is InChI=1S/C19H25FN2O6/c1-4-28-16(24)8-11(2)17(19(26)27)22-18(25)15(21-12(3)23)10-13-6-5-7-14(20)9-13/h5-7,9,11,15,17H,4,8,10H2,1-3H3,(H,21,23)(H,22,25)(H,26,27)/t11-,15+,17-/m1/s1. The fraction of sp³-hybridized carbons (Fsp3) is 0.474. The summed E-state index contributed by atoms with van der Waals surface area (Å²) >= 11 is 0. The molecule has 154 valence electrons. The number of carbonyl (C=O) groups excluding carboxylic acids is 3. The number of rotatable bonds is 10. The zero-order valence-corrected chi connectivity index (χ0v) is 16.0. The highest BCUT2D eigenvalue weighted by Gasteiger charge is 2.31. The van der Waals surface area contributed by atoms with Gasteiger partial charge in [-0.25, -0.2) is 9.18 Å². The highest BCUT2D eigenvalue weighted by atomic mass is 19.1. The molecule has 0 spiro atoms. The number of aliphatic carboxylic acids is 1. The minimum atomic E-state index is -1.36. The first-order valence-corrected chi connectivity index (χ1v) is 8.84. The van der Waals surface area contributed by atoms with Crippen molar-refractivity contribution in [3.8, 4) is 0 Å². The minimum absolute atomic E-state index is 0.0260. The van der Waals surface area contributed by atoms with E-state index in [1.54, 1.807) is 13.0 Å². The number of carbonyl (C=O) groups is 4. The number of ether oxygens (including phenoxy) is 1. The van der Waals surface area contributed by atoms with Crippen LogP contribution >= 0.6 is 0 Å². The highest BCUT2D eigenvalue weighted by Crippen LogP contribution is 2.12. The van der Waals surface area contributed by atoms with E-state index in [-0.39, 0.29) is 19.4 Å². The maximum absolute atomic E-state index is 13.4. The van der Waals surface area contributed by atoms with E-state index in [4.69, 9.17) is 4.74 Å². The van der Waals surface area contributed by atoms with Crippen LogP contribution in [0.4, 0.5) is 4.39 Å². The second kappa shape index (κ2) is 11.0. The first kappa shape index (κ1) is 23.1. The molecule has 0 saturated carbocycles. The van der Waals surface area contributed by atoms with Gasteiger partial charge in [-0.2, -0.15) is 0 Å². The maximum atomic E-state index is 13.4. The second-order valence-electron chi connectivity index (χ2n) is 6.40. The van der Waals surface area contributed by atoms with Crippen LogP contribution < -0.4 is 10.6 Å². The first-order chi connectivity index (χ1) is 13.1. The molecule has 0 radical (unpaired) electrons. The van der Waals surface area contributed by atoms with E-state index in [1.807, 2.05) is 0 Å². The van der Waals surface area contributed by atoms with Gasteiger partial charge in [0.25, 0.3) is 0 Å². The van der Waals surface area contributed by atoms with Crippen molar-refractivity contribution in [1.82, 2.24) is 10.6 Å². The van der Waals surface area contributed by atoms with Crippen molar-refractivity contribution in [1.29, 1.82) is 0 Å². The molecule has 1 aromatic rings. The largest absolute Gasteiger partial charge is 0.480 e. The fourth-order valence-electron chi connectivity index (χ4n) is 2.66. The van der Waals surface area contributed by atoms with E-state index in [0.717, 1.165) is 0 Å². The Morgan fingerprint density at radius 3 is 2.43 bits per heavy atom. The molecule has 8 nitrogen and oxygen atoms in total. The highest BCUT2D eigenvalue weighted by molar-refractivity contribution is 5.90. The number of hydrogen-bond acceptors (Lipinski definition) is 5. The van der Waals surface area contributed by atoms with E-state index in [2.05, 4.69) is 10.6 Å². The molecule has 1 rings (SSSR count). The van der Waals surface area contributed by atoms with Crippen molar-refractivity contribution in [2.75, 3.05) is 6.61 Å². The molecule has 0 aromatic heterocycles. The monoisotopic (exact) mass is 396 g/mol. The van der Waals surface area contributed by atoms with E-state index in [9.17, 15) is 28.7 Å². The summed E-state index contributed by atoms with van der Waals surface area (Å²) in [7, 11) is 0. The molecule has 1 aromatic carbocycles. The quantitative estimate of drug-likeness (QED) is 0.508. The van der Waals surface area contributed by atoms with Crippen LogP contribution in [0.1, 0.15) is 32.8 Å². The van der Waals surface area contributed by atoms with Gasteiger partial charge in [0.15, 0.2) is 0 Å². The molecule has 0 heterocycles. The topological polar surface area (TPSA) is 122 Å². The van der Waals surface area contributed by atoms with Crippen LogP contribution in [-0.4, -0.2) is 47.6 Å². The summed E-state index contributed by atoms with van der Waals surface area (Å²) in [6.45, 7) is 4.50. The molecule has 2 amide bonds. The van der Waals surface area contributed by atoms with Gasteiger partial charge in [0.2, 0.25) is 11.8 Å². The Balaban J connectivity index is 2.91. The average Bonchev–Trinajstić information content (AvgIpc) is 2.58. The Kier molecular flexibility index (Phi) is 9.07. The van der Waals surface area contributed by atoms with E-state index in [1.165, 1.54) is 32.0 Å². The zero-order chi connectivity index (χ0) is 21.3. The van der Waals surface area contributed by atoms with Crippen LogP contribution in [0.15, 0.2) is 24.3 Å². The molecule has 9 heteroatoms. The number of carboxylic acid groups (broad SMARTS) is 1. The van der Waals surface area contributed by atoms with Crippen LogP contribution in [-0.2, 0) is 30.3 Å². The molecule has 0 unspecified atom stereocenters. The summed E-state index contributed by atoms with van der Waals surface area (Å²) in [6.07, 6.45) is -0.221. The Morgan fingerprint density at radius 1 is 1.21 bits per heavy atom. The number of esters is 1. The molecule has 0 saturated heterocycles. The molecule has 0 aliphatic carbocycles. The van der Waals surface area contributed by atoms with Crippen LogP contribution in [0.5, 0.6) is 0 Å². The first-order valence-electron chi connectivity index (χ1n) is 8.84. The third-order valence-electron chi connectivity index (χ3n) is 3.95. The lowest BCUT2D eigenvalue weighted by molar-refractivity contribution is -0.147. The van der Waals surface area contributed by atoms with Crippen LogP contribution in [0.2, 0.25) is 0 Å². The predicted molar refractivity (Wildman–Crippen MR) is 97.7 cm³/mol. The van der Waals surface area contributed by atoms with Crippen molar-refractivity contribution in [3.63, 3.8) is 0 Å². The lowest BCUT2D eigenvalue weighted by atomic mass is 9.97. The Morgan fingerprint density at radius 2 is 1.89 bits per heavy atom. The van der Waals surface area contributed by atoms with Gasteiger partial charge in [-0.3, -0.25) is 14.4 Å². The van der Waals surface area contributed by atoms with E-state index >= 15 is 0 Å². The summed E-state index contributed by atoms with van der Waals surface area (Å²) in [5.74, 6) is -4.38. The van der Waals surface area contributed by atoms with Gasteiger partial charge < -0.3 is 20.5 Å². The van der Waals surface area contributed by atoms with Gasteiger partial charge in [0.1, 0.15) is 17.9 Å². The molecule has 0 aliphatic heterocycles. The molecule has 3 N–H and O–H groups in total. The van der Waals surface area contributed by atoms with Crippen LogP contribution in [0, 0.1) is 11.7 Å². The van der Waals surface area contributed by atoms with Crippen molar-refractivity contribution in [2.45, 2.75) is 45.7 Å². The molecule has 28 heavy (non-hydrogen) atoms. The van der Waals surface area contributed by atoms with Crippen LogP contribution in [0.3, 0.4) is 0 Å². The van der Waals surface area contributed by atoms with Gasteiger partial charge in [-0.05, 0) is 30.5 Å². The number of carboxylic acids is 1. The van der Waals surface area contributed by atoms with E-state index in [0.29, 0.717) is 5.56 Å². The summed E-state index contributed by atoms with van der Waals surface area (Å²) < 4.78 is 18.2. The van der Waals surface area contributed by atoms with Gasteiger partial charge in [0.05, 0.1) is 13.0 Å². The molecule has 3 atom stereocenters. The SMILES string of the molecule is CCOC(=O)C[C@@H](C)[C@@H](NC(=O)[C@H](Cc1cccc(F)c1)NC(C)=O)C(=O)O. The number of hydrogen-bond donors (Lipinski definition) is 3. The minimum Gasteiger partial charge on any atom is -0.480 e.